The maximum Gasteiger partial charge on any atom is 0.306 e. The molecule has 4 nitrogen and oxygen atoms in total. The van der Waals surface area contributed by atoms with E-state index in [1.807, 2.05) is 6.08 Å². The molecule has 0 aromatic heterocycles. The zero-order valence-electron chi connectivity index (χ0n) is 15.5. The van der Waals surface area contributed by atoms with E-state index in [9.17, 15) is 13.6 Å². The fourth-order valence-corrected chi connectivity index (χ4v) is 3.43. The molecule has 2 aliphatic rings. The molecule has 0 amide bonds. The fourth-order valence-electron chi connectivity index (χ4n) is 3.43. The first-order valence-electron chi connectivity index (χ1n) is 9.69. The minimum atomic E-state index is -1.75. The molecule has 1 aliphatic carbocycles. The normalized spacial score (nSPS) is 29.5. The van der Waals surface area contributed by atoms with Crippen LogP contribution in [0.3, 0.4) is 0 Å². The summed E-state index contributed by atoms with van der Waals surface area (Å²) in [5.41, 5.74) is 0. The Kier molecular flexibility index (Phi) is 9.26. The van der Waals surface area contributed by atoms with Gasteiger partial charge in [0.25, 0.3) is 6.08 Å². The summed E-state index contributed by atoms with van der Waals surface area (Å²) >= 11 is 0. The summed E-state index contributed by atoms with van der Waals surface area (Å²) in [7, 11) is 0. The summed E-state index contributed by atoms with van der Waals surface area (Å²) in [4.78, 5) is 11.6. The van der Waals surface area contributed by atoms with E-state index < -0.39 is 12.0 Å². The van der Waals surface area contributed by atoms with Gasteiger partial charge in [0, 0.05) is 12.3 Å². The third kappa shape index (κ3) is 7.96. The highest BCUT2D eigenvalue weighted by molar-refractivity contribution is 5.69. The fraction of sp³-hybridized carbons (Fsp3) is 0.750. The van der Waals surface area contributed by atoms with Crippen LogP contribution in [0.25, 0.3) is 0 Å². The number of ether oxygens (including phenoxy) is 3. The first-order valence-corrected chi connectivity index (χ1v) is 9.69. The Balaban J connectivity index is 1.61. The summed E-state index contributed by atoms with van der Waals surface area (Å²) < 4.78 is 40.7. The summed E-state index contributed by atoms with van der Waals surface area (Å²) in [5, 5.41) is 0. The van der Waals surface area contributed by atoms with E-state index in [1.54, 1.807) is 0 Å². The quantitative estimate of drug-likeness (QED) is 0.445. The van der Waals surface area contributed by atoms with Gasteiger partial charge in [-0.15, -0.1) is 0 Å². The predicted molar refractivity (Wildman–Crippen MR) is 94.6 cm³/mol. The summed E-state index contributed by atoms with van der Waals surface area (Å²) in [6.45, 7) is 3.68. The topological polar surface area (TPSA) is 44.8 Å². The van der Waals surface area contributed by atoms with Crippen LogP contribution in [-0.4, -0.2) is 31.6 Å². The van der Waals surface area contributed by atoms with Gasteiger partial charge in [0.15, 0.2) is 6.29 Å². The van der Waals surface area contributed by atoms with Gasteiger partial charge in [-0.25, -0.2) is 0 Å². The highest BCUT2D eigenvalue weighted by atomic mass is 19.3. The van der Waals surface area contributed by atoms with Crippen LogP contribution in [0.2, 0.25) is 0 Å². The number of hydrogen-bond donors (Lipinski definition) is 0. The second-order valence-corrected chi connectivity index (χ2v) is 7.13. The van der Waals surface area contributed by atoms with Crippen LogP contribution in [0, 0.1) is 11.8 Å². The first-order chi connectivity index (χ1) is 12.6. The van der Waals surface area contributed by atoms with Crippen molar-refractivity contribution >= 4 is 5.97 Å². The zero-order chi connectivity index (χ0) is 18.8. The Labute approximate surface area is 154 Å². The third-order valence-electron chi connectivity index (χ3n) is 4.89. The molecular formula is C20H30F2O4. The Bertz CT molecular complexity index is 472. The van der Waals surface area contributed by atoms with Crippen molar-refractivity contribution in [1.29, 1.82) is 0 Å². The number of carbonyl (C=O) groups excluding carboxylic acids is 1. The van der Waals surface area contributed by atoms with Crippen molar-refractivity contribution in [3.05, 3.63) is 24.3 Å². The minimum Gasteiger partial charge on any atom is -0.462 e. The van der Waals surface area contributed by atoms with Crippen molar-refractivity contribution < 1.29 is 27.8 Å². The Morgan fingerprint density at radius 2 is 1.81 bits per heavy atom. The molecule has 0 radical (unpaired) electrons. The average Bonchev–Trinajstić information content (AvgIpc) is 2.62. The van der Waals surface area contributed by atoms with E-state index in [1.165, 1.54) is 0 Å². The van der Waals surface area contributed by atoms with Crippen LogP contribution in [0.15, 0.2) is 24.3 Å². The molecule has 148 valence electrons. The second kappa shape index (κ2) is 11.4. The van der Waals surface area contributed by atoms with Gasteiger partial charge in [-0.1, -0.05) is 19.4 Å². The van der Waals surface area contributed by atoms with E-state index in [0.717, 1.165) is 57.8 Å². The van der Waals surface area contributed by atoms with Crippen LogP contribution >= 0.6 is 0 Å². The highest BCUT2D eigenvalue weighted by Crippen LogP contribution is 2.28. The largest absolute Gasteiger partial charge is 0.462 e. The van der Waals surface area contributed by atoms with Gasteiger partial charge in [-0.3, -0.25) is 4.79 Å². The predicted octanol–water partition coefficient (Wildman–Crippen LogP) is 4.99. The lowest BCUT2D eigenvalue weighted by Crippen LogP contribution is -2.31. The van der Waals surface area contributed by atoms with Gasteiger partial charge in [-0.2, -0.15) is 8.78 Å². The molecule has 6 heteroatoms. The van der Waals surface area contributed by atoms with Crippen LogP contribution in [0.4, 0.5) is 8.78 Å². The maximum absolute atomic E-state index is 11.9. The van der Waals surface area contributed by atoms with Crippen LogP contribution in [-0.2, 0) is 19.0 Å². The molecule has 0 bridgehead atoms. The van der Waals surface area contributed by atoms with Crippen molar-refractivity contribution in [2.75, 3.05) is 13.2 Å². The van der Waals surface area contributed by atoms with Gasteiger partial charge in [0.05, 0.1) is 13.2 Å². The molecule has 1 heterocycles. The summed E-state index contributed by atoms with van der Waals surface area (Å²) in [6, 6.07) is 0. The number of allylic oxidation sites excluding steroid dienone is 2. The first kappa shape index (κ1) is 21.0. The summed E-state index contributed by atoms with van der Waals surface area (Å²) in [5.74, 6) is 0.549. The van der Waals surface area contributed by atoms with Crippen LogP contribution in [0.1, 0.15) is 58.3 Å². The third-order valence-corrected chi connectivity index (χ3v) is 4.89. The number of hydrogen-bond acceptors (Lipinski definition) is 4. The van der Waals surface area contributed by atoms with Gasteiger partial charge < -0.3 is 14.2 Å². The number of carbonyl (C=O) groups is 1. The number of rotatable bonds is 8. The molecule has 1 saturated carbocycles. The molecule has 2 rings (SSSR count). The zero-order valence-corrected chi connectivity index (χ0v) is 15.5. The lowest BCUT2D eigenvalue weighted by atomic mass is 9.87. The molecule has 0 spiro atoms. The standard InChI is InChI=1S/C20H30F2O4/c1-2-4-16-13-24-20(25-14-16)12-9-15-7-10-17(11-8-15)26-19(23)6-3-5-18(21)22/h5,9,12,15-17,20H,2-4,6-8,10-11,13-14H2,1H3/b12-9+. The monoisotopic (exact) mass is 372 g/mol. The molecule has 1 saturated heterocycles. The van der Waals surface area contributed by atoms with Gasteiger partial charge >= 0.3 is 5.97 Å². The van der Waals surface area contributed by atoms with Gasteiger partial charge in [0.2, 0.25) is 0 Å². The maximum atomic E-state index is 11.9. The van der Waals surface area contributed by atoms with Crippen LogP contribution in [0.5, 0.6) is 0 Å². The SMILES string of the molecule is CCCC1COC(/C=C/C2CCC(OC(=O)CCC=C(F)F)CC2)OC1. The molecule has 1 aliphatic heterocycles. The van der Waals surface area contributed by atoms with Crippen LogP contribution < -0.4 is 0 Å². The minimum absolute atomic E-state index is 0.00650. The van der Waals surface area contributed by atoms with Crippen molar-refractivity contribution in [2.24, 2.45) is 11.8 Å². The van der Waals surface area contributed by atoms with Crippen molar-refractivity contribution in [1.82, 2.24) is 0 Å². The Hall–Kier alpha value is -1.27. The molecule has 2 fully saturated rings. The van der Waals surface area contributed by atoms with E-state index in [0.29, 0.717) is 11.8 Å². The Morgan fingerprint density at radius 1 is 1.12 bits per heavy atom. The number of halogens is 2. The molecule has 0 aromatic rings. The lowest BCUT2D eigenvalue weighted by molar-refractivity contribution is -0.175. The van der Waals surface area contributed by atoms with Crippen molar-refractivity contribution in [3.63, 3.8) is 0 Å². The van der Waals surface area contributed by atoms with E-state index in [-0.39, 0.29) is 25.2 Å². The van der Waals surface area contributed by atoms with Crippen molar-refractivity contribution in [3.8, 4) is 0 Å². The van der Waals surface area contributed by atoms with E-state index in [2.05, 4.69) is 13.0 Å². The number of esters is 1. The van der Waals surface area contributed by atoms with Gasteiger partial charge in [-0.05, 0) is 56.6 Å². The van der Waals surface area contributed by atoms with Gasteiger partial charge in [0.1, 0.15) is 6.10 Å². The molecule has 0 aromatic carbocycles. The smallest absolute Gasteiger partial charge is 0.306 e. The average molecular weight is 372 g/mol. The highest BCUT2D eigenvalue weighted by Gasteiger charge is 2.24. The lowest BCUT2D eigenvalue weighted by Gasteiger charge is -2.29. The van der Waals surface area contributed by atoms with Crippen molar-refractivity contribution in [2.45, 2.75) is 70.7 Å². The molecule has 0 N–H and O–H groups in total. The molecule has 0 atom stereocenters. The summed E-state index contributed by atoms with van der Waals surface area (Å²) in [6.07, 6.45) is 8.62. The second-order valence-electron chi connectivity index (χ2n) is 7.13. The molecule has 0 unspecified atom stereocenters. The van der Waals surface area contributed by atoms with E-state index in [4.69, 9.17) is 14.2 Å². The molecule has 26 heavy (non-hydrogen) atoms. The van der Waals surface area contributed by atoms with E-state index >= 15 is 0 Å². The Morgan fingerprint density at radius 3 is 2.42 bits per heavy atom. The molecular weight excluding hydrogens is 342 g/mol.